The van der Waals surface area contributed by atoms with E-state index in [1.165, 1.54) is 0 Å². The van der Waals surface area contributed by atoms with Crippen LogP contribution in [0.5, 0.6) is 11.5 Å². The van der Waals surface area contributed by atoms with E-state index in [0.29, 0.717) is 18.0 Å². The third-order valence-corrected chi connectivity index (χ3v) is 3.47. The smallest absolute Gasteiger partial charge is 0.224 e. The molecule has 0 saturated heterocycles. The summed E-state index contributed by atoms with van der Waals surface area (Å²) >= 11 is 0. The average Bonchev–Trinajstić information content (AvgIpc) is 3.07. The summed E-state index contributed by atoms with van der Waals surface area (Å²) in [5.41, 5.74) is 0.830. The van der Waals surface area contributed by atoms with E-state index < -0.39 is 0 Å². The van der Waals surface area contributed by atoms with Crippen molar-refractivity contribution in [1.29, 1.82) is 0 Å². The minimum Gasteiger partial charge on any atom is -0.497 e. The predicted octanol–water partition coefficient (Wildman–Crippen LogP) is 1.82. The predicted molar refractivity (Wildman–Crippen MR) is 83.2 cm³/mol. The lowest BCUT2D eigenvalue weighted by Gasteiger charge is -2.15. The Labute approximate surface area is 130 Å². The van der Waals surface area contributed by atoms with Gasteiger partial charge in [0.2, 0.25) is 5.91 Å². The number of methoxy groups -OCH3 is 2. The van der Waals surface area contributed by atoms with Gasteiger partial charge >= 0.3 is 0 Å². The molecule has 1 unspecified atom stereocenters. The van der Waals surface area contributed by atoms with Crippen molar-refractivity contribution in [3.05, 3.63) is 42.5 Å². The van der Waals surface area contributed by atoms with Crippen LogP contribution in [0.3, 0.4) is 0 Å². The van der Waals surface area contributed by atoms with Crippen LogP contribution in [0.15, 0.2) is 36.9 Å². The van der Waals surface area contributed by atoms with Gasteiger partial charge < -0.3 is 19.4 Å². The quantitative estimate of drug-likeness (QED) is 0.847. The number of carbonyl (C=O) groups is 1. The Balaban J connectivity index is 1.92. The second-order valence-corrected chi connectivity index (χ2v) is 5.02. The van der Waals surface area contributed by atoms with Gasteiger partial charge in [-0.25, -0.2) is 4.98 Å². The van der Waals surface area contributed by atoms with Gasteiger partial charge in [-0.3, -0.25) is 4.79 Å². The molecule has 0 aliphatic rings. The molecule has 1 N–H and O–H groups in total. The fraction of sp³-hybridized carbons (Fsp3) is 0.375. The Morgan fingerprint density at radius 2 is 2.18 bits per heavy atom. The van der Waals surface area contributed by atoms with Gasteiger partial charge in [0.1, 0.15) is 11.5 Å². The molecule has 0 radical (unpaired) electrons. The number of ether oxygens (including phenoxy) is 2. The van der Waals surface area contributed by atoms with Crippen molar-refractivity contribution in [1.82, 2.24) is 14.9 Å². The molecule has 2 aromatic rings. The average molecular weight is 303 g/mol. The third kappa shape index (κ3) is 4.00. The van der Waals surface area contributed by atoms with Crippen LogP contribution in [0.4, 0.5) is 0 Å². The first-order valence-corrected chi connectivity index (χ1v) is 7.09. The SMILES string of the molecule is COc1ccc(CC(=O)NCC(C)n2ccnc2)c(OC)c1. The molecule has 22 heavy (non-hydrogen) atoms. The molecule has 1 aromatic carbocycles. The lowest BCUT2D eigenvalue weighted by molar-refractivity contribution is -0.120. The molecule has 1 amide bonds. The van der Waals surface area contributed by atoms with E-state index in [2.05, 4.69) is 10.3 Å². The summed E-state index contributed by atoms with van der Waals surface area (Å²) in [4.78, 5) is 16.1. The molecule has 0 aliphatic carbocycles. The number of benzene rings is 1. The van der Waals surface area contributed by atoms with E-state index in [0.717, 1.165) is 5.56 Å². The molecular formula is C16H21N3O3. The lowest BCUT2D eigenvalue weighted by Crippen LogP contribution is -2.30. The first kappa shape index (κ1) is 15.9. The molecule has 118 valence electrons. The van der Waals surface area contributed by atoms with Crippen LogP contribution in [0.2, 0.25) is 0 Å². The monoisotopic (exact) mass is 303 g/mol. The fourth-order valence-corrected chi connectivity index (χ4v) is 2.13. The highest BCUT2D eigenvalue weighted by molar-refractivity contribution is 5.79. The van der Waals surface area contributed by atoms with Gasteiger partial charge in [-0.2, -0.15) is 0 Å². The zero-order valence-corrected chi connectivity index (χ0v) is 13.1. The standard InChI is InChI=1S/C16H21N3O3/c1-12(19-7-6-17-11-19)10-18-16(20)8-13-4-5-14(21-2)9-15(13)22-3/h4-7,9,11-12H,8,10H2,1-3H3,(H,18,20). The summed E-state index contributed by atoms with van der Waals surface area (Å²) < 4.78 is 12.4. The second-order valence-electron chi connectivity index (χ2n) is 5.02. The molecule has 6 nitrogen and oxygen atoms in total. The molecule has 0 aliphatic heterocycles. The summed E-state index contributed by atoms with van der Waals surface area (Å²) in [6, 6.07) is 5.59. The minimum absolute atomic E-state index is 0.0459. The molecule has 1 aromatic heterocycles. The number of amides is 1. The number of aromatic nitrogens is 2. The molecular weight excluding hydrogens is 282 g/mol. The Bertz CT molecular complexity index is 611. The Morgan fingerprint density at radius 1 is 1.36 bits per heavy atom. The van der Waals surface area contributed by atoms with Crippen molar-refractivity contribution in [2.75, 3.05) is 20.8 Å². The Kier molecular flexibility index (Phi) is 5.41. The molecule has 0 bridgehead atoms. The summed E-state index contributed by atoms with van der Waals surface area (Å²) in [6.07, 6.45) is 5.61. The summed E-state index contributed by atoms with van der Waals surface area (Å²) in [7, 11) is 3.18. The van der Waals surface area contributed by atoms with Crippen LogP contribution in [0.25, 0.3) is 0 Å². The molecule has 0 spiro atoms. The van der Waals surface area contributed by atoms with Crippen molar-refractivity contribution < 1.29 is 14.3 Å². The second kappa shape index (κ2) is 7.49. The zero-order chi connectivity index (χ0) is 15.9. The maximum absolute atomic E-state index is 12.1. The molecule has 2 rings (SSSR count). The maximum Gasteiger partial charge on any atom is 0.224 e. The van der Waals surface area contributed by atoms with Crippen molar-refractivity contribution >= 4 is 5.91 Å². The molecule has 6 heteroatoms. The van der Waals surface area contributed by atoms with Crippen LogP contribution < -0.4 is 14.8 Å². The van der Waals surface area contributed by atoms with E-state index in [9.17, 15) is 4.79 Å². The van der Waals surface area contributed by atoms with Gasteiger partial charge in [-0.15, -0.1) is 0 Å². The summed E-state index contributed by atoms with van der Waals surface area (Å²) in [6.45, 7) is 2.57. The van der Waals surface area contributed by atoms with Crippen LogP contribution in [-0.2, 0) is 11.2 Å². The molecule has 0 saturated carbocycles. The third-order valence-electron chi connectivity index (χ3n) is 3.47. The number of hydrogen-bond donors (Lipinski definition) is 1. The summed E-state index contributed by atoms with van der Waals surface area (Å²) in [5.74, 6) is 1.31. The van der Waals surface area contributed by atoms with Crippen LogP contribution >= 0.6 is 0 Å². The first-order valence-electron chi connectivity index (χ1n) is 7.09. The van der Waals surface area contributed by atoms with Crippen molar-refractivity contribution in [2.45, 2.75) is 19.4 Å². The van der Waals surface area contributed by atoms with Gasteiger partial charge in [-0.1, -0.05) is 6.07 Å². The molecule has 1 atom stereocenters. The van der Waals surface area contributed by atoms with Crippen LogP contribution in [0.1, 0.15) is 18.5 Å². The maximum atomic E-state index is 12.1. The molecule has 0 fully saturated rings. The van der Waals surface area contributed by atoms with Crippen LogP contribution in [-0.4, -0.2) is 36.2 Å². The van der Waals surface area contributed by atoms with Gasteiger partial charge in [0, 0.05) is 36.6 Å². The number of nitrogens with one attached hydrogen (secondary N) is 1. The van der Waals surface area contributed by atoms with Gasteiger partial charge in [0.05, 0.1) is 27.0 Å². The number of nitrogens with zero attached hydrogens (tertiary/aromatic N) is 2. The lowest BCUT2D eigenvalue weighted by atomic mass is 10.1. The van der Waals surface area contributed by atoms with Gasteiger partial charge in [-0.05, 0) is 13.0 Å². The highest BCUT2D eigenvalue weighted by Crippen LogP contribution is 2.24. The van der Waals surface area contributed by atoms with E-state index >= 15 is 0 Å². The molecule has 1 heterocycles. The van der Waals surface area contributed by atoms with Crippen LogP contribution in [0, 0.1) is 0 Å². The number of hydrogen-bond acceptors (Lipinski definition) is 4. The fourth-order valence-electron chi connectivity index (χ4n) is 2.13. The first-order chi connectivity index (χ1) is 10.6. The number of imidazole rings is 1. The number of carbonyl (C=O) groups excluding carboxylic acids is 1. The van der Waals surface area contributed by atoms with Gasteiger partial charge in [0.25, 0.3) is 0 Å². The van der Waals surface area contributed by atoms with Crippen molar-refractivity contribution in [3.63, 3.8) is 0 Å². The largest absolute Gasteiger partial charge is 0.497 e. The van der Waals surface area contributed by atoms with E-state index in [1.54, 1.807) is 32.8 Å². The zero-order valence-electron chi connectivity index (χ0n) is 13.1. The van der Waals surface area contributed by atoms with Gasteiger partial charge in [0.15, 0.2) is 0 Å². The normalized spacial score (nSPS) is 11.8. The summed E-state index contributed by atoms with van der Waals surface area (Å²) in [5, 5.41) is 2.92. The highest BCUT2D eigenvalue weighted by Gasteiger charge is 2.11. The number of rotatable bonds is 7. The Hall–Kier alpha value is -2.50. The van der Waals surface area contributed by atoms with E-state index in [-0.39, 0.29) is 18.4 Å². The van der Waals surface area contributed by atoms with E-state index in [4.69, 9.17) is 9.47 Å². The Morgan fingerprint density at radius 3 is 2.82 bits per heavy atom. The minimum atomic E-state index is -0.0459. The van der Waals surface area contributed by atoms with Crippen molar-refractivity contribution in [3.8, 4) is 11.5 Å². The highest BCUT2D eigenvalue weighted by atomic mass is 16.5. The topological polar surface area (TPSA) is 65.4 Å². The van der Waals surface area contributed by atoms with Crippen molar-refractivity contribution in [2.24, 2.45) is 0 Å². The van der Waals surface area contributed by atoms with E-state index in [1.807, 2.05) is 29.8 Å².